The summed E-state index contributed by atoms with van der Waals surface area (Å²) in [6.45, 7) is 1.27. The Morgan fingerprint density at radius 1 is 1.03 bits per heavy atom. The minimum Gasteiger partial charge on any atom is -0.462 e. The molecule has 1 amide bonds. The van der Waals surface area contributed by atoms with Crippen molar-refractivity contribution >= 4 is 51.8 Å². The topological polar surface area (TPSA) is 93.7 Å². The molecule has 0 bridgehead atoms. The van der Waals surface area contributed by atoms with E-state index in [1.807, 2.05) is 6.26 Å². The van der Waals surface area contributed by atoms with Gasteiger partial charge in [0.2, 0.25) is 0 Å². The van der Waals surface area contributed by atoms with Gasteiger partial charge in [-0.3, -0.25) is 4.79 Å². The monoisotopic (exact) mass is 488 g/mol. The molecule has 10 heteroatoms. The summed E-state index contributed by atoms with van der Waals surface area (Å²) in [6.07, 6.45) is 1.85. The first-order valence-electron chi connectivity index (χ1n) is 9.84. The number of ether oxygens (including phenoxy) is 2. The highest BCUT2D eigenvalue weighted by atomic mass is 32.2. The van der Waals surface area contributed by atoms with Crippen LogP contribution < -0.4 is 10.0 Å². The normalized spacial score (nSPS) is 10.4. The van der Waals surface area contributed by atoms with Crippen LogP contribution in [-0.4, -0.2) is 37.3 Å². The van der Waals surface area contributed by atoms with Crippen LogP contribution in [0.25, 0.3) is 10.4 Å². The first-order chi connectivity index (χ1) is 15.9. The summed E-state index contributed by atoms with van der Waals surface area (Å²) in [7, 11) is 0. The molecule has 3 aromatic rings. The third-order valence-electron chi connectivity index (χ3n) is 4.24. The Kier molecular flexibility index (Phi) is 8.45. The van der Waals surface area contributed by atoms with Gasteiger partial charge in [-0.2, -0.15) is 0 Å². The van der Waals surface area contributed by atoms with E-state index < -0.39 is 30.3 Å². The van der Waals surface area contributed by atoms with Gasteiger partial charge >= 0.3 is 11.9 Å². The maximum absolute atomic E-state index is 13.6. The molecule has 172 valence electrons. The number of hydrogen-bond acceptors (Lipinski definition) is 8. The number of halogens is 1. The van der Waals surface area contributed by atoms with Gasteiger partial charge in [0, 0.05) is 16.8 Å². The molecule has 2 N–H and O–H groups in total. The smallest absolute Gasteiger partial charge is 0.341 e. The Morgan fingerprint density at radius 2 is 1.82 bits per heavy atom. The fourth-order valence-corrected chi connectivity index (χ4v) is 4.25. The van der Waals surface area contributed by atoms with E-state index in [4.69, 9.17) is 9.47 Å². The summed E-state index contributed by atoms with van der Waals surface area (Å²) in [6, 6.07) is 14.1. The number of amides is 1. The summed E-state index contributed by atoms with van der Waals surface area (Å²) in [5.74, 6) is -2.33. The van der Waals surface area contributed by atoms with E-state index in [0.29, 0.717) is 16.0 Å². The fourth-order valence-electron chi connectivity index (χ4n) is 2.83. The van der Waals surface area contributed by atoms with E-state index in [1.54, 1.807) is 43.3 Å². The van der Waals surface area contributed by atoms with Crippen molar-refractivity contribution in [3.8, 4) is 10.4 Å². The van der Waals surface area contributed by atoms with Gasteiger partial charge in [-0.1, -0.05) is 30.1 Å². The molecule has 3 rings (SSSR count). The second kappa shape index (κ2) is 11.5. The Morgan fingerprint density at radius 3 is 2.55 bits per heavy atom. The second-order valence-electron chi connectivity index (χ2n) is 6.60. The number of benzene rings is 2. The van der Waals surface area contributed by atoms with Crippen molar-refractivity contribution in [3.63, 3.8) is 0 Å². The summed E-state index contributed by atoms with van der Waals surface area (Å²) < 4.78 is 26.8. The van der Waals surface area contributed by atoms with Crippen molar-refractivity contribution in [1.82, 2.24) is 0 Å². The molecule has 0 fully saturated rings. The summed E-state index contributed by atoms with van der Waals surface area (Å²) >= 11 is 2.47. The molecule has 0 radical (unpaired) electrons. The van der Waals surface area contributed by atoms with Gasteiger partial charge in [-0.05, 0) is 48.9 Å². The molecular weight excluding hydrogens is 467 g/mol. The lowest BCUT2D eigenvalue weighted by atomic mass is 10.1. The number of thiophene rings is 1. The molecule has 0 saturated carbocycles. The first-order valence-corrected chi connectivity index (χ1v) is 11.9. The maximum Gasteiger partial charge on any atom is 0.341 e. The lowest BCUT2D eigenvalue weighted by Gasteiger charge is -2.08. The minimum atomic E-state index is -0.660. The van der Waals surface area contributed by atoms with Crippen molar-refractivity contribution < 1.29 is 28.2 Å². The highest BCUT2D eigenvalue weighted by molar-refractivity contribution is 7.99. The first kappa shape index (κ1) is 24.3. The number of nitrogens with one attached hydrogen (secondary N) is 2. The van der Waals surface area contributed by atoms with Crippen LogP contribution in [0.2, 0.25) is 0 Å². The SMILES string of the molecule is CCOC(=O)c1cc(-c2cccc(F)c2)sc1NC(=O)COC(=O)c1cccc(NSC)c1. The Labute approximate surface area is 198 Å². The molecule has 0 atom stereocenters. The van der Waals surface area contributed by atoms with Crippen LogP contribution in [0.1, 0.15) is 27.6 Å². The van der Waals surface area contributed by atoms with Crippen molar-refractivity contribution in [2.45, 2.75) is 6.92 Å². The molecular formula is C23H21FN2O5S2. The molecule has 0 aliphatic rings. The third-order valence-corrected chi connectivity index (χ3v) is 5.78. The molecule has 0 aliphatic carbocycles. The Balaban J connectivity index is 1.72. The predicted octanol–water partition coefficient (Wildman–Crippen LogP) is 5.22. The van der Waals surface area contributed by atoms with Gasteiger partial charge in [-0.15, -0.1) is 11.3 Å². The lowest BCUT2D eigenvalue weighted by molar-refractivity contribution is -0.119. The summed E-state index contributed by atoms with van der Waals surface area (Å²) in [5, 5.41) is 2.81. The molecule has 0 unspecified atom stereocenters. The highest BCUT2D eigenvalue weighted by Gasteiger charge is 2.21. The summed E-state index contributed by atoms with van der Waals surface area (Å²) in [4.78, 5) is 37.7. The molecule has 2 aromatic carbocycles. The number of carbonyl (C=O) groups is 3. The zero-order valence-corrected chi connectivity index (χ0v) is 19.5. The van der Waals surface area contributed by atoms with Crippen LogP contribution >= 0.6 is 23.3 Å². The number of hydrogen-bond donors (Lipinski definition) is 2. The van der Waals surface area contributed by atoms with Crippen molar-refractivity contribution in [1.29, 1.82) is 0 Å². The molecule has 0 saturated heterocycles. The fraction of sp³-hybridized carbons (Fsp3) is 0.174. The number of carbonyl (C=O) groups excluding carboxylic acids is 3. The van der Waals surface area contributed by atoms with Crippen molar-refractivity contribution in [2.75, 3.05) is 29.5 Å². The largest absolute Gasteiger partial charge is 0.462 e. The molecule has 33 heavy (non-hydrogen) atoms. The number of rotatable bonds is 9. The summed E-state index contributed by atoms with van der Waals surface area (Å²) in [5.41, 5.74) is 1.70. The quantitative estimate of drug-likeness (QED) is 0.315. The van der Waals surface area contributed by atoms with Crippen LogP contribution in [0.15, 0.2) is 54.6 Å². The van der Waals surface area contributed by atoms with Crippen LogP contribution in [0, 0.1) is 5.82 Å². The highest BCUT2D eigenvalue weighted by Crippen LogP contribution is 2.36. The van der Waals surface area contributed by atoms with E-state index in [2.05, 4.69) is 10.0 Å². The van der Waals surface area contributed by atoms with Crippen molar-refractivity contribution in [3.05, 3.63) is 71.5 Å². The lowest BCUT2D eigenvalue weighted by Crippen LogP contribution is -2.21. The predicted molar refractivity (Wildman–Crippen MR) is 128 cm³/mol. The van der Waals surface area contributed by atoms with E-state index >= 15 is 0 Å². The van der Waals surface area contributed by atoms with Crippen LogP contribution in [-0.2, 0) is 14.3 Å². The van der Waals surface area contributed by atoms with Crippen LogP contribution in [0.4, 0.5) is 15.1 Å². The molecule has 1 aromatic heterocycles. The average molecular weight is 489 g/mol. The molecule has 1 heterocycles. The van der Waals surface area contributed by atoms with E-state index in [9.17, 15) is 18.8 Å². The average Bonchev–Trinajstić information content (AvgIpc) is 3.22. The molecule has 0 aliphatic heterocycles. The zero-order chi connectivity index (χ0) is 23.8. The number of anilines is 2. The van der Waals surface area contributed by atoms with Crippen molar-refractivity contribution in [2.24, 2.45) is 0 Å². The van der Waals surface area contributed by atoms with Gasteiger partial charge in [0.15, 0.2) is 6.61 Å². The second-order valence-corrected chi connectivity index (χ2v) is 8.26. The maximum atomic E-state index is 13.6. The Hall–Kier alpha value is -3.37. The van der Waals surface area contributed by atoms with Gasteiger partial charge in [0.1, 0.15) is 10.8 Å². The van der Waals surface area contributed by atoms with Crippen LogP contribution in [0.3, 0.4) is 0 Å². The standard InChI is InChI=1S/C23H21FN2O5S2/c1-3-30-23(29)18-12-19(14-6-4-8-16(24)10-14)33-21(18)25-20(27)13-31-22(28)15-7-5-9-17(11-15)26-32-2/h4-12,26H,3,13H2,1-2H3,(H,25,27). The van der Waals surface area contributed by atoms with Gasteiger partial charge < -0.3 is 19.5 Å². The number of esters is 2. The van der Waals surface area contributed by atoms with Crippen LogP contribution in [0.5, 0.6) is 0 Å². The van der Waals surface area contributed by atoms with Gasteiger partial charge in [0.25, 0.3) is 5.91 Å². The van der Waals surface area contributed by atoms with E-state index in [-0.39, 0.29) is 17.2 Å². The van der Waals surface area contributed by atoms with E-state index in [1.165, 1.54) is 30.1 Å². The molecule has 0 spiro atoms. The van der Waals surface area contributed by atoms with Gasteiger partial charge in [0.05, 0.1) is 17.7 Å². The Bertz CT molecular complexity index is 1170. The van der Waals surface area contributed by atoms with Gasteiger partial charge in [-0.25, -0.2) is 14.0 Å². The molecule has 7 nitrogen and oxygen atoms in total. The van der Waals surface area contributed by atoms with E-state index in [0.717, 1.165) is 17.0 Å². The third kappa shape index (κ3) is 6.56. The minimum absolute atomic E-state index is 0.136. The zero-order valence-electron chi connectivity index (χ0n) is 17.8.